The summed E-state index contributed by atoms with van der Waals surface area (Å²) in [6, 6.07) is 2.99. The lowest BCUT2D eigenvalue weighted by Crippen LogP contribution is -2.16. The van der Waals surface area contributed by atoms with E-state index >= 15 is 0 Å². The highest BCUT2D eigenvalue weighted by atomic mass is 16.4. The molecule has 6 heteroatoms. The number of hydrogen-bond donors (Lipinski definition) is 3. The largest absolute Gasteiger partial charge is 0.476 e. The Labute approximate surface area is 99.7 Å². The van der Waals surface area contributed by atoms with Gasteiger partial charge in [0.25, 0.3) is 0 Å². The predicted molar refractivity (Wildman–Crippen MR) is 63.0 cm³/mol. The van der Waals surface area contributed by atoms with E-state index in [-0.39, 0.29) is 12.3 Å². The van der Waals surface area contributed by atoms with Gasteiger partial charge in [-0.15, -0.1) is 10.2 Å². The lowest BCUT2D eigenvalue weighted by atomic mass is 10.0. The van der Waals surface area contributed by atoms with Gasteiger partial charge in [-0.1, -0.05) is 13.3 Å². The zero-order valence-corrected chi connectivity index (χ0v) is 9.76. The molecule has 0 aromatic carbocycles. The van der Waals surface area contributed by atoms with Gasteiger partial charge in [-0.05, 0) is 24.5 Å². The van der Waals surface area contributed by atoms with Crippen molar-refractivity contribution in [3.63, 3.8) is 0 Å². The van der Waals surface area contributed by atoms with Crippen LogP contribution in [-0.2, 0) is 0 Å². The third-order valence-electron chi connectivity index (χ3n) is 2.57. The summed E-state index contributed by atoms with van der Waals surface area (Å²) in [6.07, 6.45) is 1.71. The molecule has 1 heterocycles. The van der Waals surface area contributed by atoms with Crippen molar-refractivity contribution in [1.29, 1.82) is 0 Å². The van der Waals surface area contributed by atoms with E-state index in [1.54, 1.807) is 6.07 Å². The standard InChI is InChI=1S/C11H17N3O3/c1-2-8(5-6-15)7-12-10-4-3-9(11(16)17)13-14-10/h3-4,8,15H,2,5-7H2,1H3,(H,12,14)(H,16,17). The number of aromatic nitrogens is 2. The average molecular weight is 239 g/mol. The zero-order chi connectivity index (χ0) is 12.7. The molecular formula is C11H17N3O3. The van der Waals surface area contributed by atoms with Gasteiger partial charge in [-0.25, -0.2) is 4.79 Å². The predicted octanol–water partition coefficient (Wildman–Crippen LogP) is 0.995. The number of aromatic carboxylic acids is 1. The van der Waals surface area contributed by atoms with E-state index in [1.807, 2.05) is 0 Å². The number of aliphatic hydroxyl groups is 1. The molecule has 1 atom stereocenters. The fourth-order valence-corrected chi connectivity index (χ4v) is 1.42. The van der Waals surface area contributed by atoms with Crippen LogP contribution < -0.4 is 5.32 Å². The normalized spacial score (nSPS) is 12.1. The van der Waals surface area contributed by atoms with Gasteiger partial charge in [0.05, 0.1) is 0 Å². The van der Waals surface area contributed by atoms with Crippen molar-refractivity contribution >= 4 is 11.8 Å². The van der Waals surface area contributed by atoms with Crippen molar-refractivity contribution < 1.29 is 15.0 Å². The third-order valence-corrected chi connectivity index (χ3v) is 2.57. The van der Waals surface area contributed by atoms with Gasteiger partial charge in [0.15, 0.2) is 5.69 Å². The van der Waals surface area contributed by atoms with E-state index in [0.717, 1.165) is 12.8 Å². The molecular weight excluding hydrogens is 222 g/mol. The van der Waals surface area contributed by atoms with Crippen LogP contribution in [0.1, 0.15) is 30.3 Å². The van der Waals surface area contributed by atoms with Gasteiger partial charge in [-0.3, -0.25) is 0 Å². The van der Waals surface area contributed by atoms with Crippen LogP contribution in [0.5, 0.6) is 0 Å². The maximum absolute atomic E-state index is 10.6. The molecule has 1 aromatic heterocycles. The number of carboxylic acid groups (broad SMARTS) is 1. The van der Waals surface area contributed by atoms with Crippen LogP contribution in [0.15, 0.2) is 12.1 Å². The number of rotatable bonds is 7. The van der Waals surface area contributed by atoms with Crippen LogP contribution in [-0.4, -0.2) is 39.5 Å². The average Bonchev–Trinajstić information content (AvgIpc) is 2.35. The Morgan fingerprint density at radius 1 is 1.47 bits per heavy atom. The maximum atomic E-state index is 10.6. The first-order valence-electron chi connectivity index (χ1n) is 5.59. The highest BCUT2D eigenvalue weighted by Crippen LogP contribution is 2.09. The van der Waals surface area contributed by atoms with Crippen LogP contribution in [0, 0.1) is 5.92 Å². The van der Waals surface area contributed by atoms with Gasteiger partial charge in [-0.2, -0.15) is 0 Å². The summed E-state index contributed by atoms with van der Waals surface area (Å²) in [7, 11) is 0. The second kappa shape index (κ2) is 6.80. The Kier molecular flexibility index (Phi) is 5.35. The van der Waals surface area contributed by atoms with Crippen molar-refractivity contribution in [3.05, 3.63) is 17.8 Å². The molecule has 3 N–H and O–H groups in total. The van der Waals surface area contributed by atoms with E-state index in [2.05, 4.69) is 22.4 Å². The Morgan fingerprint density at radius 3 is 2.71 bits per heavy atom. The molecule has 0 aliphatic rings. The molecule has 0 radical (unpaired) electrons. The number of nitrogens with one attached hydrogen (secondary N) is 1. The molecule has 1 rings (SSSR count). The number of hydrogen-bond acceptors (Lipinski definition) is 5. The van der Waals surface area contributed by atoms with Gasteiger partial charge in [0, 0.05) is 13.2 Å². The fraction of sp³-hybridized carbons (Fsp3) is 0.545. The number of anilines is 1. The number of carboxylic acids is 1. The first kappa shape index (κ1) is 13.4. The molecule has 0 fully saturated rings. The van der Waals surface area contributed by atoms with Crippen LogP contribution in [0.2, 0.25) is 0 Å². The second-order valence-electron chi connectivity index (χ2n) is 3.78. The van der Waals surface area contributed by atoms with Crippen molar-refractivity contribution in [2.24, 2.45) is 5.92 Å². The Morgan fingerprint density at radius 2 is 2.24 bits per heavy atom. The van der Waals surface area contributed by atoms with Crippen molar-refractivity contribution in [2.45, 2.75) is 19.8 Å². The second-order valence-corrected chi connectivity index (χ2v) is 3.78. The van der Waals surface area contributed by atoms with Gasteiger partial charge >= 0.3 is 5.97 Å². The van der Waals surface area contributed by atoms with Crippen molar-refractivity contribution in [3.8, 4) is 0 Å². The van der Waals surface area contributed by atoms with E-state index in [9.17, 15) is 4.79 Å². The van der Waals surface area contributed by atoms with Crippen LogP contribution in [0.4, 0.5) is 5.82 Å². The zero-order valence-electron chi connectivity index (χ0n) is 9.76. The minimum atomic E-state index is -1.09. The molecule has 94 valence electrons. The summed E-state index contributed by atoms with van der Waals surface area (Å²) in [6.45, 7) is 2.92. The Balaban J connectivity index is 2.48. The number of aliphatic hydroxyl groups excluding tert-OH is 1. The first-order chi connectivity index (χ1) is 8.17. The number of carbonyl (C=O) groups is 1. The Bertz CT molecular complexity index is 353. The van der Waals surface area contributed by atoms with Gasteiger partial charge < -0.3 is 15.5 Å². The smallest absolute Gasteiger partial charge is 0.356 e. The highest BCUT2D eigenvalue weighted by Gasteiger charge is 2.07. The molecule has 0 aliphatic carbocycles. The summed E-state index contributed by atoms with van der Waals surface area (Å²) < 4.78 is 0. The molecule has 17 heavy (non-hydrogen) atoms. The highest BCUT2D eigenvalue weighted by molar-refractivity contribution is 5.85. The molecule has 6 nitrogen and oxygen atoms in total. The van der Waals surface area contributed by atoms with Gasteiger partial charge in [0.1, 0.15) is 5.82 Å². The molecule has 1 aromatic rings. The summed E-state index contributed by atoms with van der Waals surface area (Å²) in [4.78, 5) is 10.6. The molecule has 0 amide bonds. The van der Waals surface area contributed by atoms with Crippen molar-refractivity contribution in [1.82, 2.24) is 10.2 Å². The molecule has 0 spiro atoms. The molecule has 0 saturated carbocycles. The van der Waals surface area contributed by atoms with E-state index in [1.165, 1.54) is 6.07 Å². The fourth-order valence-electron chi connectivity index (χ4n) is 1.42. The molecule has 0 aliphatic heterocycles. The van der Waals surface area contributed by atoms with Crippen LogP contribution >= 0.6 is 0 Å². The first-order valence-corrected chi connectivity index (χ1v) is 5.59. The monoisotopic (exact) mass is 239 g/mol. The van der Waals surface area contributed by atoms with Crippen molar-refractivity contribution in [2.75, 3.05) is 18.5 Å². The van der Waals surface area contributed by atoms with Crippen LogP contribution in [0.3, 0.4) is 0 Å². The molecule has 0 saturated heterocycles. The van der Waals surface area contributed by atoms with Crippen LogP contribution in [0.25, 0.3) is 0 Å². The van der Waals surface area contributed by atoms with Gasteiger partial charge in [0.2, 0.25) is 0 Å². The number of nitrogens with zero attached hydrogens (tertiary/aromatic N) is 2. The minimum absolute atomic E-state index is 0.0713. The molecule has 0 bridgehead atoms. The topological polar surface area (TPSA) is 95.3 Å². The lowest BCUT2D eigenvalue weighted by Gasteiger charge is -2.14. The SMILES string of the molecule is CCC(CCO)CNc1ccc(C(=O)O)nn1. The molecule has 1 unspecified atom stereocenters. The van der Waals surface area contributed by atoms with E-state index in [4.69, 9.17) is 10.2 Å². The lowest BCUT2D eigenvalue weighted by molar-refractivity contribution is 0.0689. The summed E-state index contributed by atoms with van der Waals surface area (Å²) in [5, 5.41) is 27.9. The minimum Gasteiger partial charge on any atom is -0.476 e. The summed E-state index contributed by atoms with van der Waals surface area (Å²) in [5.74, 6) is -0.164. The quantitative estimate of drug-likeness (QED) is 0.657. The van der Waals surface area contributed by atoms with E-state index in [0.29, 0.717) is 18.3 Å². The summed E-state index contributed by atoms with van der Waals surface area (Å²) in [5.41, 5.74) is -0.0713. The third kappa shape index (κ3) is 4.36. The summed E-state index contributed by atoms with van der Waals surface area (Å²) >= 11 is 0. The van der Waals surface area contributed by atoms with E-state index < -0.39 is 5.97 Å². The Hall–Kier alpha value is -1.69. The maximum Gasteiger partial charge on any atom is 0.356 e.